The van der Waals surface area contributed by atoms with E-state index in [9.17, 15) is 0 Å². The maximum Gasteiger partial charge on any atom is 0.0576 e. The van der Waals surface area contributed by atoms with Crippen LogP contribution in [-0.2, 0) is 4.74 Å². The molecule has 0 aliphatic carbocycles. The summed E-state index contributed by atoms with van der Waals surface area (Å²) in [6.45, 7) is 10.2. The van der Waals surface area contributed by atoms with Crippen molar-refractivity contribution in [3.63, 3.8) is 0 Å². The zero-order valence-corrected chi connectivity index (χ0v) is 11.5. The molecule has 0 radical (unpaired) electrons. The van der Waals surface area contributed by atoms with Crippen molar-refractivity contribution >= 4 is 0 Å². The van der Waals surface area contributed by atoms with Gasteiger partial charge >= 0.3 is 0 Å². The van der Waals surface area contributed by atoms with Crippen molar-refractivity contribution in [2.75, 3.05) is 6.61 Å². The first kappa shape index (κ1) is 14.0. The standard InChI is InChI=1S/C14H29NO/c1-5-11(2)13(4)15-12(3)8-9-14-7-6-10-16-14/h11-15H,5-10H2,1-4H3. The highest BCUT2D eigenvalue weighted by molar-refractivity contribution is 4.74. The van der Waals surface area contributed by atoms with Crippen molar-refractivity contribution in [3.05, 3.63) is 0 Å². The van der Waals surface area contributed by atoms with E-state index in [4.69, 9.17) is 4.74 Å². The summed E-state index contributed by atoms with van der Waals surface area (Å²) >= 11 is 0. The van der Waals surface area contributed by atoms with Crippen LogP contribution in [0.15, 0.2) is 0 Å². The molecule has 0 amide bonds. The zero-order chi connectivity index (χ0) is 12.0. The molecular weight excluding hydrogens is 198 g/mol. The van der Waals surface area contributed by atoms with Crippen LogP contribution in [0.25, 0.3) is 0 Å². The van der Waals surface area contributed by atoms with Crippen LogP contribution in [0.1, 0.15) is 59.8 Å². The van der Waals surface area contributed by atoms with Crippen LogP contribution in [-0.4, -0.2) is 24.8 Å². The van der Waals surface area contributed by atoms with Gasteiger partial charge in [-0.25, -0.2) is 0 Å². The summed E-state index contributed by atoms with van der Waals surface area (Å²) in [6, 6.07) is 1.25. The Morgan fingerprint density at radius 2 is 2.06 bits per heavy atom. The molecule has 0 aromatic heterocycles. The van der Waals surface area contributed by atoms with Gasteiger partial charge in [0.25, 0.3) is 0 Å². The largest absolute Gasteiger partial charge is 0.378 e. The molecule has 4 unspecified atom stereocenters. The van der Waals surface area contributed by atoms with E-state index < -0.39 is 0 Å². The van der Waals surface area contributed by atoms with Gasteiger partial charge in [-0.3, -0.25) is 0 Å². The van der Waals surface area contributed by atoms with Gasteiger partial charge in [0.1, 0.15) is 0 Å². The molecule has 1 saturated heterocycles. The van der Waals surface area contributed by atoms with Gasteiger partial charge in [0.2, 0.25) is 0 Å². The molecule has 2 heteroatoms. The van der Waals surface area contributed by atoms with E-state index >= 15 is 0 Å². The van der Waals surface area contributed by atoms with Crippen LogP contribution in [0.2, 0.25) is 0 Å². The maximum atomic E-state index is 5.65. The molecule has 0 aromatic rings. The van der Waals surface area contributed by atoms with Gasteiger partial charge in [0.05, 0.1) is 6.10 Å². The summed E-state index contributed by atoms with van der Waals surface area (Å²) in [7, 11) is 0. The smallest absolute Gasteiger partial charge is 0.0576 e. The molecule has 0 aromatic carbocycles. The molecule has 0 spiro atoms. The van der Waals surface area contributed by atoms with Crippen LogP contribution in [0.5, 0.6) is 0 Å². The minimum Gasteiger partial charge on any atom is -0.378 e. The summed E-state index contributed by atoms with van der Waals surface area (Å²) in [5.74, 6) is 0.769. The molecule has 16 heavy (non-hydrogen) atoms. The number of nitrogens with one attached hydrogen (secondary N) is 1. The zero-order valence-electron chi connectivity index (χ0n) is 11.5. The Morgan fingerprint density at radius 1 is 1.31 bits per heavy atom. The first-order valence-corrected chi connectivity index (χ1v) is 7.01. The molecule has 1 aliphatic heterocycles. The normalized spacial score (nSPS) is 26.6. The Labute approximate surface area is 101 Å². The Kier molecular flexibility index (Phi) is 6.37. The number of rotatable bonds is 7. The lowest BCUT2D eigenvalue weighted by atomic mass is 9.99. The van der Waals surface area contributed by atoms with Gasteiger partial charge < -0.3 is 10.1 Å². The van der Waals surface area contributed by atoms with Crippen LogP contribution in [0.3, 0.4) is 0 Å². The number of hydrogen-bond donors (Lipinski definition) is 1. The number of ether oxygens (including phenoxy) is 1. The summed E-state index contributed by atoms with van der Waals surface area (Å²) in [5, 5.41) is 3.70. The molecular formula is C14H29NO. The van der Waals surface area contributed by atoms with Crippen LogP contribution in [0, 0.1) is 5.92 Å². The SMILES string of the molecule is CCC(C)C(C)NC(C)CCC1CCCO1. The van der Waals surface area contributed by atoms with Crippen molar-refractivity contribution in [2.24, 2.45) is 5.92 Å². The fourth-order valence-corrected chi connectivity index (χ4v) is 2.36. The third kappa shape index (κ3) is 4.84. The van der Waals surface area contributed by atoms with Gasteiger partial charge in [0.15, 0.2) is 0 Å². The van der Waals surface area contributed by atoms with Crippen LogP contribution in [0.4, 0.5) is 0 Å². The molecule has 0 bridgehead atoms. The summed E-state index contributed by atoms with van der Waals surface area (Å²) < 4.78 is 5.65. The van der Waals surface area contributed by atoms with E-state index in [1.165, 1.54) is 32.1 Å². The van der Waals surface area contributed by atoms with Gasteiger partial charge in [0, 0.05) is 18.7 Å². The monoisotopic (exact) mass is 227 g/mol. The highest BCUT2D eigenvalue weighted by Crippen LogP contribution is 2.18. The summed E-state index contributed by atoms with van der Waals surface area (Å²) in [4.78, 5) is 0. The maximum absolute atomic E-state index is 5.65. The third-order valence-electron chi connectivity index (χ3n) is 3.99. The highest BCUT2D eigenvalue weighted by Gasteiger charge is 2.18. The van der Waals surface area contributed by atoms with Gasteiger partial charge in [-0.2, -0.15) is 0 Å². The lowest BCUT2D eigenvalue weighted by molar-refractivity contribution is 0.0994. The molecule has 96 valence electrons. The molecule has 1 fully saturated rings. The molecule has 1 N–H and O–H groups in total. The second kappa shape index (κ2) is 7.29. The minimum atomic E-state index is 0.545. The molecule has 1 heterocycles. The predicted molar refractivity (Wildman–Crippen MR) is 69.7 cm³/mol. The van der Waals surface area contributed by atoms with E-state index in [0.29, 0.717) is 18.2 Å². The van der Waals surface area contributed by atoms with Gasteiger partial charge in [-0.15, -0.1) is 0 Å². The van der Waals surface area contributed by atoms with E-state index in [2.05, 4.69) is 33.0 Å². The second-order valence-corrected chi connectivity index (χ2v) is 5.45. The van der Waals surface area contributed by atoms with Crippen molar-refractivity contribution in [2.45, 2.75) is 78.0 Å². The summed E-state index contributed by atoms with van der Waals surface area (Å²) in [5.41, 5.74) is 0. The Hall–Kier alpha value is -0.0800. The van der Waals surface area contributed by atoms with Crippen molar-refractivity contribution in [1.29, 1.82) is 0 Å². The third-order valence-corrected chi connectivity index (χ3v) is 3.99. The van der Waals surface area contributed by atoms with Crippen LogP contribution < -0.4 is 5.32 Å². The number of hydrogen-bond acceptors (Lipinski definition) is 2. The lowest BCUT2D eigenvalue weighted by Crippen LogP contribution is -2.38. The van der Waals surface area contributed by atoms with Gasteiger partial charge in [-0.05, 0) is 45.4 Å². The quantitative estimate of drug-likeness (QED) is 0.720. The Balaban J connectivity index is 2.11. The van der Waals surface area contributed by atoms with Crippen LogP contribution >= 0.6 is 0 Å². The summed E-state index contributed by atoms with van der Waals surface area (Å²) in [6.07, 6.45) is 6.80. The predicted octanol–water partition coefficient (Wildman–Crippen LogP) is 3.36. The molecule has 0 saturated carbocycles. The van der Waals surface area contributed by atoms with E-state index in [0.717, 1.165) is 12.5 Å². The van der Waals surface area contributed by atoms with Crippen molar-refractivity contribution in [1.82, 2.24) is 5.32 Å². The average molecular weight is 227 g/mol. The minimum absolute atomic E-state index is 0.545. The van der Waals surface area contributed by atoms with E-state index in [-0.39, 0.29) is 0 Å². The topological polar surface area (TPSA) is 21.3 Å². The van der Waals surface area contributed by atoms with E-state index in [1.54, 1.807) is 0 Å². The van der Waals surface area contributed by atoms with Crippen molar-refractivity contribution < 1.29 is 4.74 Å². The van der Waals surface area contributed by atoms with E-state index in [1.807, 2.05) is 0 Å². The molecule has 2 nitrogen and oxygen atoms in total. The second-order valence-electron chi connectivity index (χ2n) is 5.45. The van der Waals surface area contributed by atoms with Crippen molar-refractivity contribution in [3.8, 4) is 0 Å². The molecule has 1 aliphatic rings. The molecule has 4 atom stereocenters. The first-order valence-electron chi connectivity index (χ1n) is 7.01. The Bertz CT molecular complexity index is 178. The molecule has 1 rings (SSSR count). The van der Waals surface area contributed by atoms with Gasteiger partial charge in [-0.1, -0.05) is 20.3 Å². The average Bonchev–Trinajstić information content (AvgIpc) is 2.78. The lowest BCUT2D eigenvalue weighted by Gasteiger charge is -2.25. The fraction of sp³-hybridized carbons (Fsp3) is 1.00. The highest BCUT2D eigenvalue weighted by atomic mass is 16.5. The first-order chi connectivity index (χ1) is 7.63. The fourth-order valence-electron chi connectivity index (χ4n) is 2.36. The Morgan fingerprint density at radius 3 is 2.62 bits per heavy atom.